The van der Waals surface area contributed by atoms with Crippen LogP contribution < -0.4 is 5.32 Å². The average molecular weight is 540 g/mol. The van der Waals surface area contributed by atoms with Crippen molar-refractivity contribution in [3.63, 3.8) is 0 Å². The summed E-state index contributed by atoms with van der Waals surface area (Å²) < 4.78 is 2.84. The van der Waals surface area contributed by atoms with E-state index in [-0.39, 0.29) is 11.9 Å². The van der Waals surface area contributed by atoms with Crippen LogP contribution in [-0.4, -0.2) is 21.7 Å². The molecule has 1 aliphatic carbocycles. The third-order valence-electron chi connectivity index (χ3n) is 5.21. The third-order valence-corrected chi connectivity index (χ3v) is 6.47. The van der Waals surface area contributed by atoms with E-state index < -0.39 is 0 Å². The van der Waals surface area contributed by atoms with E-state index in [1.165, 1.54) is 6.42 Å². The number of hydrogen-bond acceptors (Lipinski definition) is 2. The van der Waals surface area contributed by atoms with Gasteiger partial charge in [0, 0.05) is 20.2 Å². The van der Waals surface area contributed by atoms with Crippen LogP contribution >= 0.6 is 45.8 Å². The zero-order valence-electron chi connectivity index (χ0n) is 15.7. The van der Waals surface area contributed by atoms with Gasteiger partial charge in [-0.25, -0.2) is 4.68 Å². The number of hydrogen-bond donors (Lipinski definition) is 1. The number of aromatic nitrogens is 2. The number of nitrogens with one attached hydrogen (secondary N) is 1. The van der Waals surface area contributed by atoms with Gasteiger partial charge in [0.15, 0.2) is 0 Å². The number of benzene rings is 2. The summed E-state index contributed by atoms with van der Waals surface area (Å²) in [4.78, 5) is 13.1. The van der Waals surface area contributed by atoms with Crippen molar-refractivity contribution >= 4 is 51.7 Å². The highest BCUT2D eigenvalue weighted by atomic mass is 127. The number of nitrogens with zero attached hydrogens (tertiary/aromatic N) is 2. The second-order valence-electron chi connectivity index (χ2n) is 7.23. The predicted molar refractivity (Wildman–Crippen MR) is 126 cm³/mol. The Labute approximate surface area is 193 Å². The summed E-state index contributed by atoms with van der Waals surface area (Å²) in [5.41, 5.74) is 2.85. The van der Waals surface area contributed by atoms with Crippen LogP contribution in [0.15, 0.2) is 48.7 Å². The number of amides is 1. The lowest BCUT2D eigenvalue weighted by Gasteiger charge is -2.22. The molecule has 2 aromatic carbocycles. The largest absolute Gasteiger partial charge is 0.349 e. The van der Waals surface area contributed by atoms with Crippen molar-refractivity contribution < 1.29 is 4.79 Å². The van der Waals surface area contributed by atoms with Gasteiger partial charge in [-0.1, -0.05) is 54.6 Å². The molecule has 0 atom stereocenters. The minimum Gasteiger partial charge on any atom is -0.349 e. The van der Waals surface area contributed by atoms with E-state index in [9.17, 15) is 4.79 Å². The van der Waals surface area contributed by atoms with Gasteiger partial charge in [-0.05, 0) is 65.8 Å². The van der Waals surface area contributed by atoms with Crippen molar-refractivity contribution in [2.75, 3.05) is 0 Å². The standard InChI is InChI=1S/C22H20Cl2IN3O/c23-15-8-11-20(19(24)12-15)28-21(14-6-9-16(25)10-7-14)18(13-26-28)22(29)27-17-4-2-1-3-5-17/h6-13,17H,1-5H2,(H,27,29). The Hall–Kier alpha value is -1.57. The maximum Gasteiger partial charge on any atom is 0.255 e. The average Bonchev–Trinajstić information content (AvgIpc) is 3.14. The molecule has 3 aromatic rings. The summed E-state index contributed by atoms with van der Waals surface area (Å²) in [6.07, 6.45) is 7.25. The van der Waals surface area contributed by atoms with Crippen molar-refractivity contribution in [2.24, 2.45) is 0 Å². The molecule has 0 unspecified atom stereocenters. The number of carbonyl (C=O) groups excluding carboxylic acids is 1. The Bertz CT molecular complexity index is 1030. The van der Waals surface area contributed by atoms with Crippen LogP contribution in [0.4, 0.5) is 0 Å². The van der Waals surface area contributed by atoms with Crippen LogP contribution in [0.25, 0.3) is 16.9 Å². The molecule has 1 amide bonds. The van der Waals surface area contributed by atoms with Crippen molar-refractivity contribution in [2.45, 2.75) is 38.1 Å². The molecule has 0 radical (unpaired) electrons. The normalized spacial score (nSPS) is 14.7. The fraction of sp³-hybridized carbons (Fsp3) is 0.273. The SMILES string of the molecule is O=C(NC1CCCCC1)c1cnn(-c2ccc(Cl)cc2Cl)c1-c1ccc(I)cc1. The highest BCUT2D eigenvalue weighted by Crippen LogP contribution is 2.32. The summed E-state index contributed by atoms with van der Waals surface area (Å²) in [5.74, 6) is -0.0956. The predicted octanol–water partition coefficient (Wildman–Crippen LogP) is 6.51. The number of rotatable bonds is 4. The van der Waals surface area contributed by atoms with Crippen LogP contribution in [0, 0.1) is 3.57 Å². The first kappa shape index (κ1) is 20.7. The van der Waals surface area contributed by atoms with Crippen LogP contribution in [-0.2, 0) is 0 Å². The van der Waals surface area contributed by atoms with E-state index in [2.05, 4.69) is 33.0 Å². The Morgan fingerprint density at radius 1 is 1.07 bits per heavy atom. The molecular weight excluding hydrogens is 520 g/mol. The molecule has 7 heteroatoms. The maximum atomic E-state index is 13.1. The molecule has 29 heavy (non-hydrogen) atoms. The first-order valence-corrected chi connectivity index (χ1v) is 11.5. The van der Waals surface area contributed by atoms with Crippen LogP contribution in [0.1, 0.15) is 42.5 Å². The quantitative estimate of drug-likeness (QED) is 0.384. The molecule has 1 heterocycles. The maximum absolute atomic E-state index is 13.1. The minimum atomic E-state index is -0.0956. The van der Waals surface area contributed by atoms with Crippen molar-refractivity contribution in [3.05, 3.63) is 67.8 Å². The van der Waals surface area contributed by atoms with Crippen molar-refractivity contribution in [3.8, 4) is 16.9 Å². The van der Waals surface area contributed by atoms with E-state index in [0.29, 0.717) is 21.3 Å². The summed E-state index contributed by atoms with van der Waals surface area (Å²) in [7, 11) is 0. The van der Waals surface area contributed by atoms with E-state index in [1.807, 2.05) is 30.3 Å². The van der Waals surface area contributed by atoms with E-state index in [0.717, 1.165) is 40.5 Å². The smallest absolute Gasteiger partial charge is 0.255 e. The Morgan fingerprint density at radius 3 is 2.48 bits per heavy atom. The molecule has 4 rings (SSSR count). The molecule has 0 bridgehead atoms. The minimum absolute atomic E-state index is 0.0956. The van der Waals surface area contributed by atoms with Crippen molar-refractivity contribution in [1.29, 1.82) is 0 Å². The number of halogens is 3. The van der Waals surface area contributed by atoms with Gasteiger partial charge in [0.2, 0.25) is 0 Å². The third kappa shape index (κ3) is 4.62. The van der Waals surface area contributed by atoms with Crippen LogP contribution in [0.3, 0.4) is 0 Å². The second kappa shape index (κ2) is 9.06. The van der Waals surface area contributed by atoms with Gasteiger partial charge >= 0.3 is 0 Å². The summed E-state index contributed by atoms with van der Waals surface area (Å²) in [6.45, 7) is 0. The van der Waals surface area contributed by atoms with Gasteiger partial charge in [-0.2, -0.15) is 5.10 Å². The Morgan fingerprint density at radius 2 is 1.79 bits per heavy atom. The molecule has 4 nitrogen and oxygen atoms in total. The highest BCUT2D eigenvalue weighted by Gasteiger charge is 2.24. The Balaban J connectivity index is 1.78. The Kier molecular flexibility index (Phi) is 6.47. The molecule has 1 fully saturated rings. The summed E-state index contributed by atoms with van der Waals surface area (Å²) >= 11 is 14.8. The van der Waals surface area contributed by atoms with E-state index >= 15 is 0 Å². The van der Waals surface area contributed by atoms with Gasteiger partial charge in [-0.3, -0.25) is 4.79 Å². The van der Waals surface area contributed by atoms with Gasteiger partial charge in [0.05, 0.1) is 28.2 Å². The van der Waals surface area contributed by atoms with Gasteiger partial charge in [0.25, 0.3) is 5.91 Å². The van der Waals surface area contributed by atoms with Crippen LogP contribution in [0.5, 0.6) is 0 Å². The first-order valence-electron chi connectivity index (χ1n) is 9.63. The lowest BCUT2D eigenvalue weighted by atomic mass is 9.95. The monoisotopic (exact) mass is 539 g/mol. The second-order valence-corrected chi connectivity index (χ2v) is 9.32. The topological polar surface area (TPSA) is 46.9 Å². The molecule has 1 saturated carbocycles. The fourth-order valence-corrected chi connectivity index (χ4v) is 4.59. The molecular formula is C22H20Cl2IN3O. The zero-order valence-corrected chi connectivity index (χ0v) is 19.3. The molecule has 0 spiro atoms. The molecule has 1 N–H and O–H groups in total. The molecule has 1 aromatic heterocycles. The summed E-state index contributed by atoms with van der Waals surface area (Å²) in [6, 6.07) is 13.5. The van der Waals surface area contributed by atoms with Crippen molar-refractivity contribution in [1.82, 2.24) is 15.1 Å². The lowest BCUT2D eigenvalue weighted by molar-refractivity contribution is 0.0928. The van der Waals surface area contributed by atoms with Gasteiger partial charge in [0.1, 0.15) is 0 Å². The van der Waals surface area contributed by atoms with Gasteiger partial charge < -0.3 is 5.32 Å². The summed E-state index contributed by atoms with van der Waals surface area (Å²) in [5, 5.41) is 8.74. The van der Waals surface area contributed by atoms with E-state index in [1.54, 1.807) is 23.0 Å². The number of carbonyl (C=O) groups is 1. The molecule has 150 valence electrons. The van der Waals surface area contributed by atoms with E-state index in [4.69, 9.17) is 23.2 Å². The molecule has 1 aliphatic rings. The highest BCUT2D eigenvalue weighted by molar-refractivity contribution is 14.1. The molecule has 0 aliphatic heterocycles. The zero-order chi connectivity index (χ0) is 20.4. The fourth-order valence-electron chi connectivity index (χ4n) is 3.75. The lowest BCUT2D eigenvalue weighted by Crippen LogP contribution is -2.36. The molecule has 0 saturated heterocycles. The first-order chi connectivity index (χ1) is 14.0. The van der Waals surface area contributed by atoms with Crippen LogP contribution in [0.2, 0.25) is 10.0 Å². The van der Waals surface area contributed by atoms with Gasteiger partial charge in [-0.15, -0.1) is 0 Å².